The summed E-state index contributed by atoms with van der Waals surface area (Å²) in [6.07, 6.45) is 0.836. The van der Waals surface area contributed by atoms with Gasteiger partial charge in [0.15, 0.2) is 0 Å². The summed E-state index contributed by atoms with van der Waals surface area (Å²) in [4.78, 5) is 15.7. The van der Waals surface area contributed by atoms with Crippen molar-refractivity contribution in [3.8, 4) is 0 Å². The lowest BCUT2D eigenvalue weighted by atomic mass is 10.2. The summed E-state index contributed by atoms with van der Waals surface area (Å²) in [5, 5.41) is 6.78. The van der Waals surface area contributed by atoms with Gasteiger partial charge in [0, 0.05) is 37.6 Å². The molecule has 0 bridgehead atoms. The third-order valence-corrected chi connectivity index (χ3v) is 8.75. The van der Waals surface area contributed by atoms with Crippen molar-refractivity contribution in [1.29, 1.82) is 0 Å². The number of thiophene rings is 2. The maximum absolute atomic E-state index is 12.6. The Kier molecular flexibility index (Phi) is 6.46. The summed E-state index contributed by atoms with van der Waals surface area (Å²) in [7, 11) is -3.40. The van der Waals surface area contributed by atoms with E-state index < -0.39 is 10.0 Å². The molecule has 2 aromatic rings. The Hall–Kier alpha value is -1.26. The van der Waals surface area contributed by atoms with Crippen molar-refractivity contribution in [3.05, 3.63) is 39.9 Å². The molecule has 0 unspecified atom stereocenters. The second kappa shape index (κ2) is 8.62. The number of carbonyl (C=O) groups excluding carboxylic acids is 1. The second-order valence-corrected chi connectivity index (χ2v) is 10.3. The van der Waals surface area contributed by atoms with Crippen molar-refractivity contribution in [2.45, 2.75) is 23.6 Å². The molecule has 3 rings (SSSR count). The molecule has 0 spiro atoms. The SMILES string of the molecule is C[C@H](C(=O)NCCc1cccs1)N1CCN(S(=O)(=O)c2cccs2)CC1. The molecule has 142 valence electrons. The molecule has 9 heteroatoms. The van der Waals surface area contributed by atoms with E-state index in [1.54, 1.807) is 28.8 Å². The summed E-state index contributed by atoms with van der Waals surface area (Å²) in [5.41, 5.74) is 0. The van der Waals surface area contributed by atoms with Crippen molar-refractivity contribution in [2.75, 3.05) is 32.7 Å². The lowest BCUT2D eigenvalue weighted by Crippen LogP contribution is -2.54. The first-order chi connectivity index (χ1) is 12.5. The van der Waals surface area contributed by atoms with Gasteiger partial charge in [0.1, 0.15) is 4.21 Å². The number of amides is 1. The van der Waals surface area contributed by atoms with Crippen LogP contribution in [0.15, 0.2) is 39.2 Å². The number of nitrogens with one attached hydrogen (secondary N) is 1. The molecule has 1 amide bonds. The van der Waals surface area contributed by atoms with Gasteiger partial charge in [-0.3, -0.25) is 9.69 Å². The Morgan fingerprint density at radius 2 is 1.85 bits per heavy atom. The van der Waals surface area contributed by atoms with Crippen LogP contribution in [-0.4, -0.2) is 62.3 Å². The number of hydrogen-bond acceptors (Lipinski definition) is 6. The highest BCUT2D eigenvalue weighted by Crippen LogP contribution is 2.22. The normalized spacial score (nSPS) is 17.9. The Bertz CT molecular complexity index is 796. The van der Waals surface area contributed by atoms with Crippen molar-refractivity contribution in [1.82, 2.24) is 14.5 Å². The maximum atomic E-state index is 12.6. The fourth-order valence-electron chi connectivity index (χ4n) is 2.95. The molecule has 1 aliphatic rings. The zero-order chi connectivity index (χ0) is 18.6. The van der Waals surface area contributed by atoms with E-state index in [0.29, 0.717) is 36.9 Å². The van der Waals surface area contributed by atoms with Gasteiger partial charge in [-0.2, -0.15) is 4.31 Å². The predicted molar refractivity (Wildman–Crippen MR) is 105 cm³/mol. The van der Waals surface area contributed by atoms with Gasteiger partial charge in [0.2, 0.25) is 5.91 Å². The van der Waals surface area contributed by atoms with E-state index in [9.17, 15) is 13.2 Å². The first-order valence-electron chi connectivity index (χ1n) is 8.56. The number of nitrogens with zero attached hydrogens (tertiary/aromatic N) is 2. The molecule has 2 aromatic heterocycles. The van der Waals surface area contributed by atoms with Gasteiger partial charge in [0.25, 0.3) is 10.0 Å². The van der Waals surface area contributed by atoms with E-state index in [-0.39, 0.29) is 11.9 Å². The minimum absolute atomic E-state index is 0.00359. The van der Waals surface area contributed by atoms with Gasteiger partial charge in [-0.05, 0) is 36.2 Å². The summed E-state index contributed by atoms with van der Waals surface area (Å²) in [6, 6.07) is 7.19. The average molecular weight is 414 g/mol. The highest BCUT2D eigenvalue weighted by atomic mass is 32.2. The molecule has 26 heavy (non-hydrogen) atoms. The van der Waals surface area contributed by atoms with E-state index in [1.807, 2.05) is 23.3 Å². The van der Waals surface area contributed by atoms with Crippen molar-refractivity contribution in [2.24, 2.45) is 0 Å². The average Bonchev–Trinajstić information content (AvgIpc) is 3.35. The minimum Gasteiger partial charge on any atom is -0.354 e. The number of rotatable bonds is 7. The summed E-state index contributed by atoms with van der Waals surface area (Å²) >= 11 is 2.93. The van der Waals surface area contributed by atoms with E-state index in [0.717, 1.165) is 6.42 Å². The number of sulfonamides is 1. The van der Waals surface area contributed by atoms with Gasteiger partial charge in [0.05, 0.1) is 6.04 Å². The molecule has 0 saturated carbocycles. The molecule has 1 saturated heterocycles. The van der Waals surface area contributed by atoms with Gasteiger partial charge in [-0.15, -0.1) is 22.7 Å². The van der Waals surface area contributed by atoms with Crippen molar-refractivity contribution in [3.63, 3.8) is 0 Å². The molecule has 0 aromatic carbocycles. The van der Waals surface area contributed by atoms with Crippen LogP contribution in [0.5, 0.6) is 0 Å². The highest BCUT2D eigenvalue weighted by molar-refractivity contribution is 7.91. The molecule has 1 fully saturated rings. The fourth-order valence-corrected chi connectivity index (χ4v) is 6.22. The van der Waals surface area contributed by atoms with Crippen molar-refractivity contribution < 1.29 is 13.2 Å². The molecule has 1 N–H and O–H groups in total. The van der Waals surface area contributed by atoms with Crippen LogP contribution in [-0.2, 0) is 21.2 Å². The number of carbonyl (C=O) groups is 1. The van der Waals surface area contributed by atoms with Crippen LogP contribution in [0.2, 0.25) is 0 Å². The fraction of sp³-hybridized carbons (Fsp3) is 0.471. The summed E-state index contributed by atoms with van der Waals surface area (Å²) in [5.74, 6) is -0.00359. The molecular weight excluding hydrogens is 390 g/mol. The number of piperazine rings is 1. The monoisotopic (exact) mass is 413 g/mol. The van der Waals surface area contributed by atoms with Gasteiger partial charge < -0.3 is 5.32 Å². The van der Waals surface area contributed by atoms with Crippen LogP contribution < -0.4 is 5.32 Å². The topological polar surface area (TPSA) is 69.7 Å². The molecule has 1 aliphatic heterocycles. The molecule has 1 atom stereocenters. The highest BCUT2D eigenvalue weighted by Gasteiger charge is 2.32. The second-order valence-electron chi connectivity index (χ2n) is 6.17. The molecule has 0 radical (unpaired) electrons. The van der Waals surface area contributed by atoms with E-state index in [4.69, 9.17) is 0 Å². The zero-order valence-corrected chi connectivity index (χ0v) is 17.1. The Balaban J connectivity index is 1.47. The van der Waals surface area contributed by atoms with Crippen LogP contribution in [0.1, 0.15) is 11.8 Å². The van der Waals surface area contributed by atoms with Gasteiger partial charge in [-0.25, -0.2) is 8.42 Å². The Morgan fingerprint density at radius 3 is 2.46 bits per heavy atom. The lowest BCUT2D eigenvalue weighted by Gasteiger charge is -2.36. The maximum Gasteiger partial charge on any atom is 0.252 e. The van der Waals surface area contributed by atoms with E-state index >= 15 is 0 Å². The minimum atomic E-state index is -3.40. The molecular formula is C17H23N3O3S3. The summed E-state index contributed by atoms with van der Waals surface area (Å²) < 4.78 is 27.0. The largest absolute Gasteiger partial charge is 0.354 e. The van der Waals surface area contributed by atoms with E-state index in [2.05, 4.69) is 11.4 Å². The van der Waals surface area contributed by atoms with E-state index in [1.165, 1.54) is 20.5 Å². The first-order valence-corrected chi connectivity index (χ1v) is 11.8. The first kappa shape index (κ1) is 19.5. The smallest absolute Gasteiger partial charge is 0.252 e. The Morgan fingerprint density at radius 1 is 1.15 bits per heavy atom. The molecule has 6 nitrogen and oxygen atoms in total. The number of hydrogen-bond donors (Lipinski definition) is 1. The van der Waals surface area contributed by atoms with Gasteiger partial charge >= 0.3 is 0 Å². The summed E-state index contributed by atoms with van der Waals surface area (Å²) in [6.45, 7) is 4.44. The van der Waals surface area contributed by atoms with Crippen LogP contribution in [0, 0.1) is 0 Å². The predicted octanol–water partition coefficient (Wildman–Crippen LogP) is 1.86. The van der Waals surface area contributed by atoms with Crippen molar-refractivity contribution >= 4 is 38.6 Å². The third-order valence-electron chi connectivity index (χ3n) is 4.54. The van der Waals surface area contributed by atoms with Crippen LogP contribution in [0.25, 0.3) is 0 Å². The van der Waals surface area contributed by atoms with Gasteiger partial charge in [-0.1, -0.05) is 12.1 Å². The standard InChI is InChI=1S/C17H23N3O3S3/c1-14(17(21)18-7-6-15-4-2-12-24-15)19-8-10-20(11-9-19)26(22,23)16-5-3-13-25-16/h2-5,12-14H,6-11H2,1H3,(H,18,21)/t14-/m1/s1. The third kappa shape index (κ3) is 4.52. The van der Waals surface area contributed by atoms with Crippen LogP contribution in [0.4, 0.5) is 0 Å². The van der Waals surface area contributed by atoms with Crippen LogP contribution in [0.3, 0.4) is 0 Å². The quantitative estimate of drug-likeness (QED) is 0.752. The Labute approximate surface area is 162 Å². The molecule has 0 aliphatic carbocycles. The zero-order valence-electron chi connectivity index (χ0n) is 14.6. The molecule has 3 heterocycles. The van der Waals surface area contributed by atoms with Crippen LogP contribution >= 0.6 is 22.7 Å². The lowest BCUT2D eigenvalue weighted by molar-refractivity contribution is -0.126.